The van der Waals surface area contributed by atoms with Crippen LogP contribution in [0.2, 0.25) is 5.02 Å². The van der Waals surface area contributed by atoms with Crippen LogP contribution in [-0.4, -0.2) is 10.1 Å². The lowest BCUT2D eigenvalue weighted by molar-refractivity contribution is 0.0380. The fourth-order valence-corrected chi connectivity index (χ4v) is 3.25. The molecular weight excluding hydrogens is 318 g/mol. The highest BCUT2D eigenvalue weighted by molar-refractivity contribution is 6.30. The van der Waals surface area contributed by atoms with Crippen LogP contribution in [-0.2, 0) is 5.60 Å². The minimum absolute atomic E-state index is 0.294. The van der Waals surface area contributed by atoms with Crippen LogP contribution in [0, 0.1) is 6.92 Å². The highest BCUT2D eigenvalue weighted by Gasteiger charge is 2.37. The van der Waals surface area contributed by atoms with Gasteiger partial charge in [-0.2, -0.15) is 0 Å². The third-order valence-corrected chi connectivity index (χ3v) is 4.60. The molecule has 0 saturated heterocycles. The number of aryl methyl sites for hydroxylation is 1. The second kappa shape index (κ2) is 6.76. The molecule has 0 radical (unpaired) electrons. The molecule has 3 aromatic rings. The van der Waals surface area contributed by atoms with Crippen molar-refractivity contribution in [3.8, 4) is 0 Å². The Bertz CT molecular complexity index is 813. The summed E-state index contributed by atoms with van der Waals surface area (Å²) in [6, 6.07) is 21.4. The first-order valence-electron chi connectivity index (χ1n) is 7.94. The summed E-state index contributed by atoms with van der Waals surface area (Å²) in [6.07, 6.45) is 1.75. The zero-order valence-electron chi connectivity index (χ0n) is 13.8. The summed E-state index contributed by atoms with van der Waals surface area (Å²) in [5, 5.41) is 12.1. The Morgan fingerprint density at radius 3 is 2.38 bits per heavy atom. The van der Waals surface area contributed by atoms with Gasteiger partial charge >= 0.3 is 0 Å². The van der Waals surface area contributed by atoms with Crippen molar-refractivity contribution in [1.82, 2.24) is 4.98 Å². The average Bonchev–Trinajstić information content (AvgIpc) is 2.58. The molecular formula is C21H20ClNO. The largest absolute Gasteiger partial charge is 0.384 e. The monoisotopic (exact) mass is 337 g/mol. The maximum atomic E-state index is 11.4. The third-order valence-electron chi connectivity index (χ3n) is 4.37. The van der Waals surface area contributed by atoms with Gasteiger partial charge in [-0.25, -0.2) is 0 Å². The van der Waals surface area contributed by atoms with E-state index in [2.05, 4.69) is 24.0 Å². The normalized spacial score (nSPS) is 14.8. The number of hydrogen-bond donors (Lipinski definition) is 1. The molecule has 2 aromatic carbocycles. The van der Waals surface area contributed by atoms with Gasteiger partial charge in [-0.1, -0.05) is 59.6 Å². The van der Waals surface area contributed by atoms with Crippen LogP contribution in [0.3, 0.4) is 0 Å². The van der Waals surface area contributed by atoms with Crippen molar-refractivity contribution in [2.24, 2.45) is 0 Å². The molecule has 0 bridgehead atoms. The fraction of sp³-hybridized carbons (Fsp3) is 0.190. The zero-order valence-corrected chi connectivity index (χ0v) is 14.5. The number of benzene rings is 2. The van der Waals surface area contributed by atoms with Gasteiger partial charge in [0.15, 0.2) is 0 Å². The summed E-state index contributed by atoms with van der Waals surface area (Å²) in [6.45, 7) is 3.87. The molecule has 0 saturated carbocycles. The van der Waals surface area contributed by atoms with Gasteiger partial charge in [0.2, 0.25) is 0 Å². The molecule has 122 valence electrons. The zero-order chi connectivity index (χ0) is 17.2. The van der Waals surface area contributed by atoms with E-state index < -0.39 is 5.60 Å². The van der Waals surface area contributed by atoms with E-state index >= 15 is 0 Å². The van der Waals surface area contributed by atoms with E-state index in [0.717, 1.165) is 16.8 Å². The Morgan fingerprint density at radius 1 is 1.00 bits per heavy atom. The highest BCUT2D eigenvalue weighted by Crippen LogP contribution is 2.41. The average molecular weight is 338 g/mol. The molecule has 1 heterocycles. The molecule has 24 heavy (non-hydrogen) atoms. The van der Waals surface area contributed by atoms with Crippen LogP contribution in [0.1, 0.15) is 35.2 Å². The molecule has 0 unspecified atom stereocenters. The second-order valence-electron chi connectivity index (χ2n) is 6.26. The maximum absolute atomic E-state index is 11.4. The Kier molecular flexibility index (Phi) is 4.70. The minimum atomic E-state index is -1.14. The third kappa shape index (κ3) is 3.35. The van der Waals surface area contributed by atoms with E-state index in [1.54, 1.807) is 6.20 Å². The number of aromatic nitrogens is 1. The molecule has 3 rings (SSSR count). The number of aliphatic hydroxyl groups is 1. The standard InChI is InChI=1S/C21H20ClNO/c1-15-9-11-16(12-10-15)20(19-8-3-4-13-23-19)21(2,24)17-6-5-7-18(22)14-17/h3-14,20,24H,1-2H3/t20-,21-/m1/s1. The van der Waals surface area contributed by atoms with Crippen LogP contribution < -0.4 is 0 Å². The quantitative estimate of drug-likeness (QED) is 0.720. The number of nitrogens with zero attached hydrogens (tertiary/aromatic N) is 1. The smallest absolute Gasteiger partial charge is 0.0992 e. The summed E-state index contributed by atoms with van der Waals surface area (Å²) < 4.78 is 0. The Balaban J connectivity index is 2.15. The van der Waals surface area contributed by atoms with Crippen molar-refractivity contribution in [3.63, 3.8) is 0 Å². The van der Waals surface area contributed by atoms with Crippen molar-refractivity contribution < 1.29 is 5.11 Å². The van der Waals surface area contributed by atoms with Crippen molar-refractivity contribution in [2.75, 3.05) is 0 Å². The number of halogens is 1. The summed E-state index contributed by atoms with van der Waals surface area (Å²) in [7, 11) is 0. The molecule has 0 spiro atoms. The van der Waals surface area contributed by atoms with Gasteiger partial charge in [-0.15, -0.1) is 0 Å². The van der Waals surface area contributed by atoms with Crippen LogP contribution in [0.4, 0.5) is 0 Å². The van der Waals surface area contributed by atoms with Gasteiger partial charge in [0.1, 0.15) is 0 Å². The molecule has 2 atom stereocenters. The first-order chi connectivity index (χ1) is 11.5. The molecule has 1 aromatic heterocycles. The number of rotatable bonds is 4. The van der Waals surface area contributed by atoms with Gasteiger partial charge in [0.05, 0.1) is 17.2 Å². The Labute approximate surface area is 147 Å². The number of pyridine rings is 1. The molecule has 0 amide bonds. The highest BCUT2D eigenvalue weighted by atomic mass is 35.5. The van der Waals surface area contributed by atoms with Crippen LogP contribution in [0.15, 0.2) is 72.9 Å². The Hall–Kier alpha value is -2.16. The lowest BCUT2D eigenvalue weighted by atomic mass is 9.76. The minimum Gasteiger partial charge on any atom is -0.384 e. The predicted molar refractivity (Wildman–Crippen MR) is 98.3 cm³/mol. The Morgan fingerprint density at radius 2 is 1.75 bits per heavy atom. The van der Waals surface area contributed by atoms with E-state index in [4.69, 9.17) is 11.6 Å². The van der Waals surface area contributed by atoms with Gasteiger partial charge in [-0.3, -0.25) is 4.98 Å². The van der Waals surface area contributed by atoms with E-state index in [-0.39, 0.29) is 5.92 Å². The fourth-order valence-electron chi connectivity index (χ4n) is 3.06. The summed E-state index contributed by atoms with van der Waals surface area (Å²) in [5.74, 6) is -0.294. The predicted octanol–water partition coefficient (Wildman–Crippen LogP) is 5.08. The summed E-state index contributed by atoms with van der Waals surface area (Å²) in [5.41, 5.74) is 2.65. The molecule has 0 aliphatic heterocycles. The van der Waals surface area contributed by atoms with E-state index in [1.807, 2.05) is 61.5 Å². The molecule has 0 aliphatic carbocycles. The van der Waals surface area contributed by atoms with Crippen LogP contribution in [0.5, 0.6) is 0 Å². The van der Waals surface area contributed by atoms with Crippen molar-refractivity contribution in [3.05, 3.63) is 100 Å². The SMILES string of the molecule is Cc1ccc([C@H](c2ccccn2)[C@](C)(O)c2cccc(Cl)c2)cc1. The summed E-state index contributed by atoms with van der Waals surface area (Å²) in [4.78, 5) is 4.50. The first-order valence-corrected chi connectivity index (χ1v) is 8.32. The topological polar surface area (TPSA) is 33.1 Å². The number of hydrogen-bond acceptors (Lipinski definition) is 2. The maximum Gasteiger partial charge on any atom is 0.0992 e. The molecule has 0 fully saturated rings. The molecule has 2 nitrogen and oxygen atoms in total. The lowest BCUT2D eigenvalue weighted by Crippen LogP contribution is -2.31. The van der Waals surface area contributed by atoms with Crippen molar-refractivity contribution in [2.45, 2.75) is 25.4 Å². The van der Waals surface area contributed by atoms with Gasteiger partial charge in [0.25, 0.3) is 0 Å². The first kappa shape index (κ1) is 16.7. The second-order valence-corrected chi connectivity index (χ2v) is 6.69. The van der Waals surface area contributed by atoms with Crippen molar-refractivity contribution in [1.29, 1.82) is 0 Å². The van der Waals surface area contributed by atoms with Gasteiger partial charge in [0, 0.05) is 11.2 Å². The van der Waals surface area contributed by atoms with Gasteiger partial charge in [-0.05, 0) is 49.2 Å². The van der Waals surface area contributed by atoms with E-state index in [0.29, 0.717) is 5.02 Å². The van der Waals surface area contributed by atoms with Crippen molar-refractivity contribution >= 4 is 11.6 Å². The van der Waals surface area contributed by atoms with Crippen LogP contribution in [0.25, 0.3) is 0 Å². The van der Waals surface area contributed by atoms with Crippen LogP contribution >= 0.6 is 11.6 Å². The van der Waals surface area contributed by atoms with E-state index in [1.165, 1.54) is 5.56 Å². The lowest BCUT2D eigenvalue weighted by Gasteiger charge is -2.34. The molecule has 3 heteroatoms. The molecule has 1 N–H and O–H groups in total. The summed E-state index contributed by atoms with van der Waals surface area (Å²) >= 11 is 6.14. The molecule has 0 aliphatic rings. The van der Waals surface area contributed by atoms with Gasteiger partial charge < -0.3 is 5.11 Å². The van der Waals surface area contributed by atoms with E-state index in [9.17, 15) is 5.11 Å².